The first kappa shape index (κ1) is 23.2. The zero-order valence-corrected chi connectivity index (χ0v) is 20.2. The predicted octanol–water partition coefficient (Wildman–Crippen LogP) is 3.82. The molecule has 0 aliphatic carbocycles. The highest BCUT2D eigenvalue weighted by atomic mass is 35.5. The molecule has 2 N–H and O–H groups in total. The second-order valence-electron chi connectivity index (χ2n) is 7.63. The average molecular weight is 505 g/mol. The third kappa shape index (κ3) is 5.35. The molecule has 0 unspecified atom stereocenters. The van der Waals surface area contributed by atoms with Gasteiger partial charge in [0.25, 0.3) is 0 Å². The summed E-state index contributed by atoms with van der Waals surface area (Å²) in [6.45, 7) is 1.87. The molecule has 1 aromatic carbocycles. The first-order chi connectivity index (χ1) is 15.6. The van der Waals surface area contributed by atoms with E-state index in [4.69, 9.17) is 22.1 Å². The number of primary amides is 1. The molecule has 0 saturated carbocycles. The molecule has 33 heavy (non-hydrogen) atoms. The van der Waals surface area contributed by atoms with Crippen LogP contribution in [0.4, 0.5) is 0 Å². The summed E-state index contributed by atoms with van der Waals surface area (Å²) >= 11 is 7.65. The van der Waals surface area contributed by atoms with E-state index < -0.39 is 15.7 Å². The van der Waals surface area contributed by atoms with Crippen molar-refractivity contribution in [3.05, 3.63) is 69.8 Å². The molecule has 1 amide bonds. The van der Waals surface area contributed by atoms with Crippen LogP contribution in [0.3, 0.4) is 0 Å². The lowest BCUT2D eigenvalue weighted by atomic mass is 10.1. The molecule has 3 heterocycles. The van der Waals surface area contributed by atoms with Crippen molar-refractivity contribution in [3.63, 3.8) is 0 Å². The van der Waals surface area contributed by atoms with Crippen molar-refractivity contribution in [2.75, 3.05) is 6.26 Å². The van der Waals surface area contributed by atoms with Crippen LogP contribution in [0.25, 0.3) is 16.2 Å². The number of sulfone groups is 1. The Kier molecular flexibility index (Phi) is 6.42. The number of nitrogens with zero attached hydrogens (tertiary/aromatic N) is 3. The third-order valence-electron chi connectivity index (χ3n) is 4.83. The number of halogens is 1. The van der Waals surface area contributed by atoms with Crippen LogP contribution >= 0.6 is 22.9 Å². The van der Waals surface area contributed by atoms with E-state index >= 15 is 0 Å². The van der Waals surface area contributed by atoms with Gasteiger partial charge in [-0.1, -0.05) is 29.8 Å². The summed E-state index contributed by atoms with van der Waals surface area (Å²) in [6, 6.07) is 12.6. The molecule has 0 bridgehead atoms. The van der Waals surface area contributed by atoms with Crippen molar-refractivity contribution < 1.29 is 17.9 Å². The number of benzene rings is 1. The number of nitrogens with two attached hydrogens (primary N) is 1. The van der Waals surface area contributed by atoms with Crippen molar-refractivity contribution in [1.82, 2.24) is 14.6 Å². The molecule has 0 aliphatic rings. The summed E-state index contributed by atoms with van der Waals surface area (Å²) in [5.41, 5.74) is 7.90. The summed E-state index contributed by atoms with van der Waals surface area (Å²) in [5, 5.41) is 5.03. The topological polar surface area (TPSA) is 117 Å². The molecule has 172 valence electrons. The van der Waals surface area contributed by atoms with Gasteiger partial charge >= 0.3 is 0 Å². The third-order valence-corrected chi connectivity index (χ3v) is 7.14. The zero-order valence-electron chi connectivity index (χ0n) is 17.9. The number of rotatable bonds is 8. The number of carbonyl (C=O) groups excluding carboxylic acids is 1. The van der Waals surface area contributed by atoms with Crippen LogP contribution in [-0.2, 0) is 26.8 Å². The van der Waals surface area contributed by atoms with Gasteiger partial charge in [-0.2, -0.15) is 5.10 Å². The maximum absolute atomic E-state index is 11.7. The molecule has 0 fully saturated rings. The van der Waals surface area contributed by atoms with Crippen LogP contribution in [0, 0.1) is 0 Å². The molecule has 1 atom stereocenters. The molecule has 4 aromatic rings. The molecule has 4 rings (SSSR count). The highest BCUT2D eigenvalue weighted by molar-refractivity contribution is 7.89. The van der Waals surface area contributed by atoms with Crippen molar-refractivity contribution in [2.24, 2.45) is 5.73 Å². The second kappa shape index (κ2) is 9.12. The maximum Gasteiger partial charge on any atom is 0.222 e. The van der Waals surface area contributed by atoms with Crippen LogP contribution in [-0.4, -0.2) is 35.2 Å². The van der Waals surface area contributed by atoms with Gasteiger partial charge in [-0.15, -0.1) is 11.3 Å². The largest absolute Gasteiger partial charge is 0.485 e. The number of thiophene rings is 1. The zero-order chi connectivity index (χ0) is 23.8. The number of ether oxygens (including phenoxy) is 1. The first-order valence-electron chi connectivity index (χ1n) is 9.94. The van der Waals surface area contributed by atoms with Crippen molar-refractivity contribution in [1.29, 1.82) is 0 Å². The van der Waals surface area contributed by atoms with Crippen LogP contribution in [0.1, 0.15) is 29.2 Å². The van der Waals surface area contributed by atoms with E-state index in [1.54, 1.807) is 28.9 Å². The Bertz CT molecular complexity index is 1450. The molecule has 0 aliphatic heterocycles. The minimum Gasteiger partial charge on any atom is -0.485 e. The van der Waals surface area contributed by atoms with Crippen molar-refractivity contribution in [3.8, 4) is 16.3 Å². The van der Waals surface area contributed by atoms with Gasteiger partial charge in [-0.3, -0.25) is 4.79 Å². The van der Waals surface area contributed by atoms with Crippen LogP contribution in [0.2, 0.25) is 5.02 Å². The van der Waals surface area contributed by atoms with E-state index in [1.807, 2.05) is 31.2 Å². The molecular formula is C22H21ClN4O4S2. The monoisotopic (exact) mass is 504 g/mol. The van der Waals surface area contributed by atoms with E-state index in [0.717, 1.165) is 16.7 Å². The van der Waals surface area contributed by atoms with Gasteiger partial charge in [0.15, 0.2) is 15.5 Å². The Morgan fingerprint density at radius 2 is 2.03 bits per heavy atom. The SMILES string of the molecule is C[C@@H](Oc1cc(-c2cnc3ccc(CS(C)(=O)=O)nn23)sc1CC(N)=O)c1ccccc1Cl. The van der Waals surface area contributed by atoms with Gasteiger partial charge in [-0.25, -0.2) is 17.9 Å². The van der Waals surface area contributed by atoms with E-state index in [2.05, 4.69) is 10.1 Å². The van der Waals surface area contributed by atoms with Gasteiger partial charge in [0, 0.05) is 22.9 Å². The molecule has 3 aromatic heterocycles. The molecule has 11 heteroatoms. The highest BCUT2D eigenvalue weighted by Gasteiger charge is 2.20. The molecule has 8 nitrogen and oxygen atoms in total. The molecule has 0 spiro atoms. The summed E-state index contributed by atoms with van der Waals surface area (Å²) < 4.78 is 31.2. The fraction of sp³-hybridized carbons (Fsp3) is 0.227. The van der Waals surface area contributed by atoms with E-state index in [9.17, 15) is 13.2 Å². The highest BCUT2D eigenvalue weighted by Crippen LogP contribution is 2.39. The number of imidazole rings is 1. The van der Waals surface area contributed by atoms with Gasteiger partial charge in [0.2, 0.25) is 5.91 Å². The lowest BCUT2D eigenvalue weighted by Crippen LogP contribution is -2.13. The van der Waals surface area contributed by atoms with Gasteiger partial charge < -0.3 is 10.5 Å². The molecule has 0 saturated heterocycles. The number of carbonyl (C=O) groups is 1. The Labute approximate surface area is 199 Å². The van der Waals surface area contributed by atoms with E-state index in [-0.39, 0.29) is 18.3 Å². The number of amides is 1. The maximum atomic E-state index is 11.7. The minimum atomic E-state index is -3.24. The van der Waals surface area contributed by atoms with Gasteiger partial charge in [0.05, 0.1) is 33.8 Å². The Morgan fingerprint density at radius 1 is 1.27 bits per heavy atom. The van der Waals surface area contributed by atoms with Crippen LogP contribution in [0.5, 0.6) is 5.75 Å². The van der Waals surface area contributed by atoms with Crippen molar-refractivity contribution >= 4 is 44.3 Å². The van der Waals surface area contributed by atoms with E-state index in [0.29, 0.717) is 32.7 Å². The number of aromatic nitrogens is 3. The van der Waals surface area contributed by atoms with Crippen molar-refractivity contribution in [2.45, 2.75) is 25.2 Å². The summed E-state index contributed by atoms with van der Waals surface area (Å²) in [4.78, 5) is 17.5. The Morgan fingerprint density at radius 3 is 2.73 bits per heavy atom. The number of hydrogen-bond acceptors (Lipinski definition) is 7. The van der Waals surface area contributed by atoms with Gasteiger partial charge in [0.1, 0.15) is 17.5 Å². The number of hydrogen-bond donors (Lipinski definition) is 1. The molecular weight excluding hydrogens is 484 g/mol. The standard InChI is InChI=1S/C22H21ClN4O4S2/c1-13(15-5-3-4-6-16(15)23)31-18-9-19(32-20(18)10-21(24)28)17-11-25-22-8-7-14(26-27(17)22)12-33(2,29)30/h3-9,11,13H,10,12H2,1-2H3,(H2,24,28)/t13-/m1/s1. The van der Waals surface area contributed by atoms with Crippen LogP contribution in [0.15, 0.2) is 48.7 Å². The smallest absolute Gasteiger partial charge is 0.222 e. The Hall–Kier alpha value is -2.95. The minimum absolute atomic E-state index is 0.0126. The lowest BCUT2D eigenvalue weighted by molar-refractivity contribution is -0.117. The van der Waals surface area contributed by atoms with Crippen LogP contribution < -0.4 is 10.5 Å². The van der Waals surface area contributed by atoms with E-state index in [1.165, 1.54) is 11.3 Å². The quantitative estimate of drug-likeness (QED) is 0.390. The number of fused-ring (bicyclic) bond motifs is 1. The lowest BCUT2D eigenvalue weighted by Gasteiger charge is -2.16. The summed E-state index contributed by atoms with van der Waals surface area (Å²) in [6.07, 6.45) is 2.45. The van der Waals surface area contributed by atoms with Gasteiger partial charge in [-0.05, 0) is 25.1 Å². The predicted molar refractivity (Wildman–Crippen MR) is 128 cm³/mol. The summed E-state index contributed by atoms with van der Waals surface area (Å²) in [5.74, 6) is -0.143. The summed E-state index contributed by atoms with van der Waals surface area (Å²) in [7, 11) is -3.24. The Balaban J connectivity index is 1.73. The first-order valence-corrected chi connectivity index (χ1v) is 13.2. The fourth-order valence-corrected chi connectivity index (χ4v) is 5.48. The second-order valence-corrected chi connectivity index (χ2v) is 11.3. The average Bonchev–Trinajstić information content (AvgIpc) is 3.30. The normalized spacial score (nSPS) is 12.7. The molecule has 0 radical (unpaired) electrons. The fourth-order valence-electron chi connectivity index (χ4n) is 3.40.